The SMILES string of the molecule is CNC1(c2cccc([N+](=O)[O-])c2)CC1. The summed E-state index contributed by atoms with van der Waals surface area (Å²) in [6.45, 7) is 0. The van der Waals surface area contributed by atoms with Crippen molar-refractivity contribution in [1.29, 1.82) is 0 Å². The molecule has 1 aromatic rings. The quantitative estimate of drug-likeness (QED) is 0.587. The van der Waals surface area contributed by atoms with Gasteiger partial charge in [0.25, 0.3) is 5.69 Å². The number of hydrogen-bond acceptors (Lipinski definition) is 3. The van der Waals surface area contributed by atoms with Crippen LogP contribution in [0.4, 0.5) is 5.69 Å². The maximum atomic E-state index is 10.6. The fourth-order valence-corrected chi connectivity index (χ4v) is 1.73. The van der Waals surface area contributed by atoms with Crippen LogP contribution >= 0.6 is 0 Å². The van der Waals surface area contributed by atoms with E-state index in [1.54, 1.807) is 12.1 Å². The molecule has 2 rings (SSSR count). The Hall–Kier alpha value is -1.42. The third-order valence-corrected chi connectivity index (χ3v) is 2.84. The van der Waals surface area contributed by atoms with E-state index in [2.05, 4.69) is 5.32 Å². The van der Waals surface area contributed by atoms with Crippen LogP contribution in [-0.2, 0) is 5.54 Å². The van der Waals surface area contributed by atoms with Crippen LogP contribution in [-0.4, -0.2) is 12.0 Å². The van der Waals surface area contributed by atoms with Gasteiger partial charge in [0.1, 0.15) is 0 Å². The highest BCUT2D eigenvalue weighted by molar-refractivity contribution is 5.40. The van der Waals surface area contributed by atoms with Gasteiger partial charge < -0.3 is 5.32 Å². The highest BCUT2D eigenvalue weighted by atomic mass is 16.6. The third kappa shape index (κ3) is 1.37. The van der Waals surface area contributed by atoms with Gasteiger partial charge >= 0.3 is 0 Å². The second-order valence-corrected chi connectivity index (χ2v) is 3.64. The molecule has 0 heterocycles. The molecule has 0 saturated heterocycles. The van der Waals surface area contributed by atoms with Gasteiger partial charge in [0.15, 0.2) is 0 Å². The van der Waals surface area contributed by atoms with Crippen molar-refractivity contribution >= 4 is 5.69 Å². The minimum atomic E-state index is -0.352. The summed E-state index contributed by atoms with van der Waals surface area (Å²) in [5.74, 6) is 0. The molecular formula is C10H12N2O2. The lowest BCUT2D eigenvalue weighted by Gasteiger charge is -2.13. The predicted octanol–water partition coefficient (Wildman–Crippen LogP) is 1.80. The van der Waals surface area contributed by atoms with Crippen LogP contribution in [0.25, 0.3) is 0 Å². The topological polar surface area (TPSA) is 55.2 Å². The van der Waals surface area contributed by atoms with E-state index in [0.717, 1.165) is 18.4 Å². The van der Waals surface area contributed by atoms with Crippen LogP contribution in [0.1, 0.15) is 18.4 Å². The van der Waals surface area contributed by atoms with Crippen LogP contribution in [0.15, 0.2) is 24.3 Å². The lowest BCUT2D eigenvalue weighted by Crippen LogP contribution is -2.24. The molecule has 1 aliphatic carbocycles. The first kappa shape index (κ1) is 9.15. The molecule has 0 aliphatic heterocycles. The largest absolute Gasteiger partial charge is 0.310 e. The maximum Gasteiger partial charge on any atom is 0.269 e. The highest BCUT2D eigenvalue weighted by Crippen LogP contribution is 2.45. The summed E-state index contributed by atoms with van der Waals surface area (Å²) >= 11 is 0. The first-order valence-corrected chi connectivity index (χ1v) is 4.62. The van der Waals surface area contributed by atoms with Gasteiger partial charge in [-0.15, -0.1) is 0 Å². The van der Waals surface area contributed by atoms with Crippen LogP contribution in [0.5, 0.6) is 0 Å². The molecule has 74 valence electrons. The van der Waals surface area contributed by atoms with Gasteiger partial charge in [-0.25, -0.2) is 0 Å². The first-order valence-electron chi connectivity index (χ1n) is 4.62. The van der Waals surface area contributed by atoms with Crippen molar-refractivity contribution in [3.8, 4) is 0 Å². The van der Waals surface area contributed by atoms with Crippen molar-refractivity contribution in [2.24, 2.45) is 0 Å². The summed E-state index contributed by atoms with van der Waals surface area (Å²) in [4.78, 5) is 10.2. The average molecular weight is 192 g/mol. The number of rotatable bonds is 3. The van der Waals surface area contributed by atoms with Gasteiger partial charge in [0, 0.05) is 17.7 Å². The Balaban J connectivity index is 2.36. The molecule has 14 heavy (non-hydrogen) atoms. The minimum absolute atomic E-state index is 0.00597. The van der Waals surface area contributed by atoms with E-state index in [4.69, 9.17) is 0 Å². The van der Waals surface area contributed by atoms with E-state index < -0.39 is 0 Å². The van der Waals surface area contributed by atoms with Crippen LogP contribution in [0.3, 0.4) is 0 Å². The second kappa shape index (κ2) is 3.06. The zero-order chi connectivity index (χ0) is 10.2. The first-order chi connectivity index (χ1) is 6.68. The molecule has 0 unspecified atom stereocenters. The van der Waals surface area contributed by atoms with Crippen molar-refractivity contribution in [2.75, 3.05) is 7.05 Å². The number of benzene rings is 1. The van der Waals surface area contributed by atoms with Crippen molar-refractivity contribution in [2.45, 2.75) is 18.4 Å². The van der Waals surface area contributed by atoms with E-state index in [-0.39, 0.29) is 16.1 Å². The lowest BCUT2D eigenvalue weighted by atomic mass is 10.0. The molecule has 1 aromatic carbocycles. The summed E-state index contributed by atoms with van der Waals surface area (Å²) in [5.41, 5.74) is 1.20. The van der Waals surface area contributed by atoms with E-state index in [9.17, 15) is 10.1 Å². The maximum absolute atomic E-state index is 10.6. The fraction of sp³-hybridized carbons (Fsp3) is 0.400. The zero-order valence-electron chi connectivity index (χ0n) is 7.99. The third-order valence-electron chi connectivity index (χ3n) is 2.84. The summed E-state index contributed by atoms with van der Waals surface area (Å²) in [6, 6.07) is 6.86. The predicted molar refractivity (Wildman–Crippen MR) is 53.1 cm³/mol. The number of nitro groups is 1. The van der Waals surface area contributed by atoms with Crippen molar-refractivity contribution in [1.82, 2.24) is 5.32 Å². The van der Waals surface area contributed by atoms with E-state index in [1.807, 2.05) is 13.1 Å². The molecule has 4 heteroatoms. The van der Waals surface area contributed by atoms with Gasteiger partial charge in [-0.2, -0.15) is 0 Å². The summed E-state index contributed by atoms with van der Waals surface area (Å²) in [6.07, 6.45) is 2.12. The Morgan fingerprint density at radius 3 is 2.71 bits per heavy atom. The highest BCUT2D eigenvalue weighted by Gasteiger charge is 2.43. The number of nitro benzene ring substituents is 1. The minimum Gasteiger partial charge on any atom is -0.310 e. The van der Waals surface area contributed by atoms with Gasteiger partial charge in [-0.05, 0) is 25.5 Å². The summed E-state index contributed by atoms with van der Waals surface area (Å²) in [5, 5.41) is 13.8. The zero-order valence-corrected chi connectivity index (χ0v) is 7.99. The Morgan fingerprint density at radius 2 is 2.21 bits per heavy atom. The van der Waals surface area contributed by atoms with E-state index in [1.165, 1.54) is 6.07 Å². The summed E-state index contributed by atoms with van der Waals surface area (Å²) < 4.78 is 0. The Labute approximate surface area is 82.1 Å². The second-order valence-electron chi connectivity index (χ2n) is 3.64. The van der Waals surface area contributed by atoms with Gasteiger partial charge in [-0.3, -0.25) is 10.1 Å². The molecule has 0 spiro atoms. The molecule has 1 fully saturated rings. The molecule has 0 atom stereocenters. The molecule has 0 aromatic heterocycles. The molecule has 1 saturated carbocycles. The van der Waals surface area contributed by atoms with Gasteiger partial charge in [0.05, 0.1) is 4.92 Å². The molecule has 4 nitrogen and oxygen atoms in total. The molecule has 1 aliphatic rings. The molecule has 0 radical (unpaired) electrons. The number of nitrogens with one attached hydrogen (secondary N) is 1. The smallest absolute Gasteiger partial charge is 0.269 e. The van der Waals surface area contributed by atoms with Crippen LogP contribution in [0.2, 0.25) is 0 Å². The normalized spacial score (nSPS) is 17.8. The van der Waals surface area contributed by atoms with Crippen molar-refractivity contribution in [3.63, 3.8) is 0 Å². The Bertz CT molecular complexity index is 372. The molecule has 1 N–H and O–H groups in total. The standard InChI is InChI=1S/C10H12N2O2/c1-11-10(5-6-10)8-3-2-4-9(7-8)12(13)14/h2-4,7,11H,5-6H2,1H3. The molecule has 0 bridgehead atoms. The Kier molecular flexibility index (Phi) is 2.00. The fourth-order valence-electron chi connectivity index (χ4n) is 1.73. The van der Waals surface area contributed by atoms with Crippen molar-refractivity contribution < 1.29 is 4.92 Å². The van der Waals surface area contributed by atoms with Crippen LogP contribution < -0.4 is 5.32 Å². The average Bonchev–Trinajstić information content (AvgIpc) is 2.98. The monoisotopic (exact) mass is 192 g/mol. The lowest BCUT2D eigenvalue weighted by molar-refractivity contribution is -0.384. The van der Waals surface area contributed by atoms with Gasteiger partial charge in [0.2, 0.25) is 0 Å². The van der Waals surface area contributed by atoms with E-state index in [0.29, 0.717) is 0 Å². The van der Waals surface area contributed by atoms with E-state index >= 15 is 0 Å². The molecule has 0 amide bonds. The van der Waals surface area contributed by atoms with Gasteiger partial charge in [-0.1, -0.05) is 12.1 Å². The summed E-state index contributed by atoms with van der Waals surface area (Å²) in [7, 11) is 1.89. The van der Waals surface area contributed by atoms with Crippen LogP contribution in [0, 0.1) is 10.1 Å². The number of nitrogens with zero attached hydrogens (tertiary/aromatic N) is 1. The Morgan fingerprint density at radius 1 is 1.50 bits per heavy atom. The number of hydrogen-bond donors (Lipinski definition) is 1. The van der Waals surface area contributed by atoms with Crippen molar-refractivity contribution in [3.05, 3.63) is 39.9 Å². The number of non-ortho nitro benzene ring substituents is 1. The molecular weight excluding hydrogens is 180 g/mol.